The zero-order chi connectivity index (χ0) is 14.6. The highest BCUT2D eigenvalue weighted by Crippen LogP contribution is 2.18. The van der Waals surface area contributed by atoms with Crippen molar-refractivity contribution in [3.05, 3.63) is 22.4 Å². The molecule has 1 aliphatic heterocycles. The molecule has 0 spiro atoms. The molecule has 2 rings (SSSR count). The third kappa shape index (κ3) is 4.26. The molecule has 1 aliphatic rings. The number of piperidine rings is 1. The number of nitrogens with one attached hydrogen (secondary N) is 1. The van der Waals surface area contributed by atoms with Crippen molar-refractivity contribution in [1.29, 1.82) is 0 Å². The molecule has 0 radical (unpaired) electrons. The summed E-state index contributed by atoms with van der Waals surface area (Å²) in [5.74, 6) is 0.0625. The molecule has 7 heteroatoms. The number of aliphatic hydroxyl groups excluding tert-OH is 1. The van der Waals surface area contributed by atoms with E-state index >= 15 is 0 Å². The van der Waals surface area contributed by atoms with Crippen LogP contribution < -0.4 is 4.72 Å². The van der Waals surface area contributed by atoms with E-state index in [-0.39, 0.29) is 18.6 Å². The number of aliphatic hydroxyl groups is 1. The Morgan fingerprint density at radius 2 is 2.40 bits per heavy atom. The predicted molar refractivity (Wildman–Crippen MR) is 80.9 cm³/mol. The van der Waals surface area contributed by atoms with Crippen molar-refractivity contribution in [3.8, 4) is 0 Å². The molecular formula is C13H22N2O3S2. The minimum atomic E-state index is -3.45. The average Bonchev–Trinajstić information content (AvgIpc) is 2.91. The van der Waals surface area contributed by atoms with Crippen LogP contribution in [0.3, 0.4) is 0 Å². The molecule has 0 aromatic carbocycles. The first-order chi connectivity index (χ1) is 9.51. The SMILES string of the molecule is CC(Cc1ccsc1)NS(=O)(=O)N1CCCC(CO)C1. The molecule has 0 aliphatic carbocycles. The van der Waals surface area contributed by atoms with Crippen molar-refractivity contribution in [3.63, 3.8) is 0 Å². The molecule has 0 amide bonds. The van der Waals surface area contributed by atoms with Gasteiger partial charge in [0.15, 0.2) is 0 Å². The second kappa shape index (κ2) is 7.00. The van der Waals surface area contributed by atoms with E-state index < -0.39 is 10.2 Å². The molecule has 114 valence electrons. The zero-order valence-corrected chi connectivity index (χ0v) is 13.3. The molecule has 1 aromatic rings. The maximum absolute atomic E-state index is 12.3. The summed E-state index contributed by atoms with van der Waals surface area (Å²) in [7, 11) is -3.45. The average molecular weight is 318 g/mol. The molecule has 20 heavy (non-hydrogen) atoms. The fourth-order valence-electron chi connectivity index (χ4n) is 2.53. The summed E-state index contributed by atoms with van der Waals surface area (Å²) >= 11 is 1.62. The second-order valence-electron chi connectivity index (χ2n) is 5.41. The number of thiophene rings is 1. The van der Waals surface area contributed by atoms with Crippen LogP contribution in [0.4, 0.5) is 0 Å². The summed E-state index contributed by atoms with van der Waals surface area (Å²) < 4.78 is 28.8. The fourth-order valence-corrected chi connectivity index (χ4v) is 4.73. The summed E-state index contributed by atoms with van der Waals surface area (Å²) in [6.45, 7) is 2.88. The van der Waals surface area contributed by atoms with Crippen LogP contribution in [0.5, 0.6) is 0 Å². The van der Waals surface area contributed by atoms with E-state index in [1.54, 1.807) is 11.3 Å². The van der Waals surface area contributed by atoms with Crippen molar-refractivity contribution < 1.29 is 13.5 Å². The van der Waals surface area contributed by atoms with Crippen molar-refractivity contribution >= 4 is 21.5 Å². The first-order valence-electron chi connectivity index (χ1n) is 6.90. The molecule has 0 saturated carbocycles. The third-order valence-electron chi connectivity index (χ3n) is 3.55. The lowest BCUT2D eigenvalue weighted by Crippen LogP contribution is -2.49. The lowest BCUT2D eigenvalue weighted by Gasteiger charge is -2.31. The summed E-state index contributed by atoms with van der Waals surface area (Å²) in [5.41, 5.74) is 1.15. The zero-order valence-electron chi connectivity index (χ0n) is 11.7. The van der Waals surface area contributed by atoms with E-state index in [9.17, 15) is 13.5 Å². The molecular weight excluding hydrogens is 296 g/mol. The molecule has 2 N–H and O–H groups in total. The van der Waals surface area contributed by atoms with Gasteiger partial charge in [-0.3, -0.25) is 0 Å². The van der Waals surface area contributed by atoms with Gasteiger partial charge in [-0.1, -0.05) is 0 Å². The number of hydrogen-bond donors (Lipinski definition) is 2. The van der Waals surface area contributed by atoms with E-state index in [1.165, 1.54) is 4.31 Å². The molecule has 0 bridgehead atoms. The highest BCUT2D eigenvalue weighted by Gasteiger charge is 2.29. The van der Waals surface area contributed by atoms with Crippen LogP contribution in [0.1, 0.15) is 25.3 Å². The maximum Gasteiger partial charge on any atom is 0.279 e. The van der Waals surface area contributed by atoms with E-state index in [0.29, 0.717) is 19.5 Å². The van der Waals surface area contributed by atoms with Crippen LogP contribution in [0, 0.1) is 5.92 Å². The van der Waals surface area contributed by atoms with Crippen LogP contribution in [0.15, 0.2) is 16.8 Å². The van der Waals surface area contributed by atoms with Crippen molar-refractivity contribution in [2.24, 2.45) is 5.92 Å². The van der Waals surface area contributed by atoms with Crippen LogP contribution in [-0.4, -0.2) is 43.6 Å². The minimum absolute atomic E-state index is 0.0521. The monoisotopic (exact) mass is 318 g/mol. The van der Waals surface area contributed by atoms with Gasteiger partial charge in [0.25, 0.3) is 10.2 Å². The molecule has 1 aromatic heterocycles. The molecule has 5 nitrogen and oxygen atoms in total. The van der Waals surface area contributed by atoms with Crippen molar-refractivity contribution in [2.45, 2.75) is 32.2 Å². The largest absolute Gasteiger partial charge is 0.396 e. The Kier molecular flexibility index (Phi) is 5.57. The van der Waals surface area contributed by atoms with Gasteiger partial charge < -0.3 is 5.11 Å². The maximum atomic E-state index is 12.3. The van der Waals surface area contributed by atoms with Gasteiger partial charge in [-0.25, -0.2) is 0 Å². The number of nitrogens with zero attached hydrogens (tertiary/aromatic N) is 1. The molecule has 1 fully saturated rings. The smallest absolute Gasteiger partial charge is 0.279 e. The molecule has 1 saturated heterocycles. The molecule has 2 heterocycles. The van der Waals surface area contributed by atoms with Gasteiger partial charge in [0.2, 0.25) is 0 Å². The lowest BCUT2D eigenvalue weighted by molar-refractivity contribution is 0.164. The number of hydrogen-bond acceptors (Lipinski definition) is 4. The Morgan fingerprint density at radius 1 is 1.60 bits per heavy atom. The van der Waals surface area contributed by atoms with Gasteiger partial charge >= 0.3 is 0 Å². The molecule has 2 atom stereocenters. The first-order valence-corrected chi connectivity index (χ1v) is 9.29. The quantitative estimate of drug-likeness (QED) is 0.828. The lowest BCUT2D eigenvalue weighted by atomic mass is 10.0. The van der Waals surface area contributed by atoms with Gasteiger partial charge in [0.05, 0.1) is 0 Å². The molecule has 2 unspecified atom stereocenters. The summed E-state index contributed by atoms with van der Waals surface area (Å²) in [5, 5.41) is 13.2. The Balaban J connectivity index is 1.92. The number of rotatable bonds is 6. The Labute approximate surface area is 124 Å². The van der Waals surface area contributed by atoms with E-state index in [1.807, 2.05) is 23.8 Å². The predicted octanol–water partition coefficient (Wildman–Crippen LogP) is 1.22. The highest BCUT2D eigenvalue weighted by molar-refractivity contribution is 7.87. The van der Waals surface area contributed by atoms with Gasteiger partial charge in [0, 0.05) is 25.7 Å². The summed E-state index contributed by atoms with van der Waals surface area (Å²) in [6.07, 6.45) is 2.40. The Bertz CT molecular complexity index is 502. The summed E-state index contributed by atoms with van der Waals surface area (Å²) in [4.78, 5) is 0. The topological polar surface area (TPSA) is 69.6 Å². The van der Waals surface area contributed by atoms with E-state index in [0.717, 1.165) is 18.4 Å². The summed E-state index contributed by atoms with van der Waals surface area (Å²) in [6, 6.07) is 1.88. The minimum Gasteiger partial charge on any atom is -0.396 e. The Morgan fingerprint density at radius 3 is 3.05 bits per heavy atom. The highest BCUT2D eigenvalue weighted by atomic mass is 32.2. The van der Waals surface area contributed by atoms with Crippen LogP contribution >= 0.6 is 11.3 Å². The van der Waals surface area contributed by atoms with E-state index in [4.69, 9.17) is 0 Å². The van der Waals surface area contributed by atoms with E-state index in [2.05, 4.69) is 4.72 Å². The van der Waals surface area contributed by atoms with Gasteiger partial charge in [0.1, 0.15) is 0 Å². The fraction of sp³-hybridized carbons (Fsp3) is 0.692. The van der Waals surface area contributed by atoms with Gasteiger partial charge in [-0.05, 0) is 54.5 Å². The standard InChI is InChI=1S/C13H22N2O3S2/c1-11(7-12-4-6-19-10-12)14-20(17,18)15-5-2-3-13(8-15)9-16/h4,6,10-11,13-14,16H,2-3,5,7-9H2,1H3. The van der Waals surface area contributed by atoms with Crippen LogP contribution in [0.2, 0.25) is 0 Å². The second-order valence-corrected chi connectivity index (χ2v) is 7.89. The van der Waals surface area contributed by atoms with Gasteiger partial charge in [-0.2, -0.15) is 28.8 Å². The first kappa shape index (κ1) is 15.9. The van der Waals surface area contributed by atoms with Gasteiger partial charge in [-0.15, -0.1) is 0 Å². The Hall–Kier alpha value is -0.470. The third-order valence-corrected chi connectivity index (χ3v) is 6.00. The van der Waals surface area contributed by atoms with Crippen LogP contribution in [0.25, 0.3) is 0 Å². The normalized spacial score (nSPS) is 22.8. The van der Waals surface area contributed by atoms with Crippen molar-refractivity contribution in [2.75, 3.05) is 19.7 Å². The van der Waals surface area contributed by atoms with Crippen molar-refractivity contribution in [1.82, 2.24) is 9.03 Å². The van der Waals surface area contributed by atoms with Crippen LogP contribution in [-0.2, 0) is 16.6 Å².